The normalized spacial score (nSPS) is 10.5. The van der Waals surface area contributed by atoms with E-state index in [0.29, 0.717) is 10.0 Å². The lowest BCUT2D eigenvalue weighted by Gasteiger charge is -1.98. The molecule has 0 radical (unpaired) electrons. The van der Waals surface area contributed by atoms with E-state index in [9.17, 15) is 0 Å². The zero-order valence-corrected chi connectivity index (χ0v) is 8.92. The molecule has 2 aromatic rings. The molecule has 1 aromatic carbocycles. The van der Waals surface area contributed by atoms with Crippen molar-refractivity contribution in [2.24, 2.45) is 7.05 Å². The standard InChI is InChI=1S/C9H7Cl2N3/c1-14-12-5-9(13-14)6-2-3-7(10)8(11)4-6/h2-5H,1H3. The second kappa shape index (κ2) is 3.59. The van der Waals surface area contributed by atoms with Crippen LogP contribution in [0.5, 0.6) is 0 Å². The number of aryl methyl sites for hydroxylation is 1. The van der Waals surface area contributed by atoms with Gasteiger partial charge in [-0.15, -0.1) is 0 Å². The first-order valence-electron chi connectivity index (χ1n) is 3.98. The molecule has 14 heavy (non-hydrogen) atoms. The third-order valence-electron chi connectivity index (χ3n) is 1.81. The second-order valence-corrected chi connectivity index (χ2v) is 3.66. The molecule has 72 valence electrons. The van der Waals surface area contributed by atoms with Crippen molar-refractivity contribution in [1.82, 2.24) is 15.0 Å². The highest BCUT2D eigenvalue weighted by Crippen LogP contribution is 2.26. The Labute approximate surface area is 91.3 Å². The van der Waals surface area contributed by atoms with E-state index >= 15 is 0 Å². The minimum Gasteiger partial charge on any atom is -0.187 e. The maximum absolute atomic E-state index is 5.88. The Kier molecular flexibility index (Phi) is 2.44. The summed E-state index contributed by atoms with van der Waals surface area (Å²) < 4.78 is 0. The fourth-order valence-electron chi connectivity index (χ4n) is 1.13. The summed E-state index contributed by atoms with van der Waals surface area (Å²) in [5, 5.41) is 9.19. The van der Waals surface area contributed by atoms with Crippen molar-refractivity contribution in [2.75, 3.05) is 0 Å². The summed E-state index contributed by atoms with van der Waals surface area (Å²) >= 11 is 11.7. The van der Waals surface area contributed by atoms with Gasteiger partial charge in [-0.25, -0.2) is 0 Å². The molecule has 0 amide bonds. The minimum absolute atomic E-state index is 0.523. The van der Waals surface area contributed by atoms with Gasteiger partial charge in [-0.2, -0.15) is 15.0 Å². The third-order valence-corrected chi connectivity index (χ3v) is 2.55. The summed E-state index contributed by atoms with van der Waals surface area (Å²) in [5.41, 5.74) is 1.69. The highest BCUT2D eigenvalue weighted by Gasteiger charge is 2.04. The van der Waals surface area contributed by atoms with E-state index in [1.165, 1.54) is 4.80 Å². The van der Waals surface area contributed by atoms with Gasteiger partial charge in [0, 0.05) is 12.6 Å². The molecule has 1 heterocycles. The molecule has 0 atom stereocenters. The van der Waals surface area contributed by atoms with Crippen LogP contribution in [0.15, 0.2) is 24.4 Å². The van der Waals surface area contributed by atoms with Gasteiger partial charge in [0.15, 0.2) is 0 Å². The van der Waals surface area contributed by atoms with Crippen LogP contribution in [0.3, 0.4) is 0 Å². The number of benzene rings is 1. The van der Waals surface area contributed by atoms with E-state index < -0.39 is 0 Å². The number of hydrogen-bond acceptors (Lipinski definition) is 2. The number of rotatable bonds is 1. The number of nitrogens with zero attached hydrogens (tertiary/aromatic N) is 3. The molecule has 0 fully saturated rings. The average Bonchev–Trinajstić information content (AvgIpc) is 2.57. The molecule has 0 unspecified atom stereocenters. The highest BCUT2D eigenvalue weighted by atomic mass is 35.5. The largest absolute Gasteiger partial charge is 0.187 e. The molecule has 1 aromatic heterocycles. The van der Waals surface area contributed by atoms with E-state index in [-0.39, 0.29) is 0 Å². The maximum Gasteiger partial charge on any atom is 0.113 e. The lowest BCUT2D eigenvalue weighted by atomic mass is 10.2. The summed E-state index contributed by atoms with van der Waals surface area (Å²) in [6, 6.07) is 5.38. The van der Waals surface area contributed by atoms with Crippen LogP contribution in [-0.2, 0) is 7.05 Å². The van der Waals surface area contributed by atoms with Gasteiger partial charge in [0.05, 0.1) is 16.2 Å². The highest BCUT2D eigenvalue weighted by molar-refractivity contribution is 6.42. The Balaban J connectivity index is 2.47. The van der Waals surface area contributed by atoms with Crippen molar-refractivity contribution in [3.05, 3.63) is 34.4 Å². The van der Waals surface area contributed by atoms with Crippen LogP contribution in [0.25, 0.3) is 11.3 Å². The Morgan fingerprint density at radius 1 is 1.21 bits per heavy atom. The molecule has 0 N–H and O–H groups in total. The van der Waals surface area contributed by atoms with Crippen LogP contribution in [-0.4, -0.2) is 15.0 Å². The summed E-state index contributed by atoms with van der Waals surface area (Å²) in [4.78, 5) is 1.50. The predicted molar refractivity (Wildman–Crippen MR) is 56.5 cm³/mol. The number of halogens is 2. The van der Waals surface area contributed by atoms with Crippen LogP contribution >= 0.6 is 23.2 Å². The van der Waals surface area contributed by atoms with E-state index in [1.54, 1.807) is 25.4 Å². The lowest BCUT2D eigenvalue weighted by Crippen LogP contribution is -1.91. The second-order valence-electron chi connectivity index (χ2n) is 2.85. The molecule has 2 rings (SSSR count). The van der Waals surface area contributed by atoms with Crippen molar-refractivity contribution in [3.63, 3.8) is 0 Å². The molecule has 0 aliphatic heterocycles. The van der Waals surface area contributed by atoms with Crippen molar-refractivity contribution in [2.45, 2.75) is 0 Å². The van der Waals surface area contributed by atoms with Crippen LogP contribution in [0.2, 0.25) is 10.0 Å². The molecule has 5 heteroatoms. The Morgan fingerprint density at radius 2 is 2.00 bits per heavy atom. The Hall–Kier alpha value is -1.06. The van der Waals surface area contributed by atoms with Crippen molar-refractivity contribution >= 4 is 23.2 Å². The van der Waals surface area contributed by atoms with Crippen LogP contribution in [0.4, 0.5) is 0 Å². The predicted octanol–water partition coefficient (Wildman–Crippen LogP) is 2.79. The summed E-state index contributed by atoms with van der Waals surface area (Å²) in [6.45, 7) is 0. The molecule has 0 aliphatic rings. The van der Waals surface area contributed by atoms with E-state index in [2.05, 4.69) is 10.2 Å². The first-order valence-corrected chi connectivity index (χ1v) is 4.74. The molecular formula is C9H7Cl2N3. The quantitative estimate of drug-likeness (QED) is 0.751. The van der Waals surface area contributed by atoms with Crippen molar-refractivity contribution in [1.29, 1.82) is 0 Å². The molecule has 0 saturated carbocycles. The van der Waals surface area contributed by atoms with Gasteiger partial charge < -0.3 is 0 Å². The monoisotopic (exact) mass is 227 g/mol. The minimum atomic E-state index is 0.523. The van der Waals surface area contributed by atoms with Crippen LogP contribution < -0.4 is 0 Å². The lowest BCUT2D eigenvalue weighted by molar-refractivity contribution is 0.655. The fraction of sp³-hybridized carbons (Fsp3) is 0.111. The first kappa shape index (κ1) is 9.49. The summed E-state index contributed by atoms with van der Waals surface area (Å²) in [6.07, 6.45) is 1.68. The van der Waals surface area contributed by atoms with E-state index in [4.69, 9.17) is 23.2 Å². The zero-order valence-electron chi connectivity index (χ0n) is 7.41. The van der Waals surface area contributed by atoms with Crippen LogP contribution in [0, 0.1) is 0 Å². The van der Waals surface area contributed by atoms with Gasteiger partial charge in [-0.05, 0) is 12.1 Å². The van der Waals surface area contributed by atoms with E-state index in [1.807, 2.05) is 6.07 Å². The van der Waals surface area contributed by atoms with Gasteiger partial charge in [-0.1, -0.05) is 29.3 Å². The zero-order chi connectivity index (χ0) is 10.1. The number of hydrogen-bond donors (Lipinski definition) is 0. The van der Waals surface area contributed by atoms with Gasteiger partial charge >= 0.3 is 0 Å². The fourth-order valence-corrected chi connectivity index (χ4v) is 1.43. The maximum atomic E-state index is 5.88. The SMILES string of the molecule is Cn1ncc(-c2ccc(Cl)c(Cl)c2)n1. The topological polar surface area (TPSA) is 30.7 Å². The van der Waals surface area contributed by atoms with Crippen molar-refractivity contribution < 1.29 is 0 Å². The van der Waals surface area contributed by atoms with Crippen LogP contribution in [0.1, 0.15) is 0 Å². The molecule has 0 spiro atoms. The molecular weight excluding hydrogens is 221 g/mol. The van der Waals surface area contributed by atoms with Gasteiger partial charge in [0.2, 0.25) is 0 Å². The van der Waals surface area contributed by atoms with E-state index in [0.717, 1.165) is 11.3 Å². The Bertz CT molecular complexity index is 465. The van der Waals surface area contributed by atoms with Gasteiger partial charge in [0.1, 0.15) is 5.69 Å². The first-order chi connectivity index (χ1) is 6.66. The van der Waals surface area contributed by atoms with Crippen molar-refractivity contribution in [3.8, 4) is 11.3 Å². The van der Waals surface area contributed by atoms with Gasteiger partial charge in [0.25, 0.3) is 0 Å². The summed E-state index contributed by atoms with van der Waals surface area (Å²) in [5.74, 6) is 0. The third kappa shape index (κ3) is 1.74. The summed E-state index contributed by atoms with van der Waals surface area (Å²) in [7, 11) is 1.76. The smallest absolute Gasteiger partial charge is 0.113 e. The average molecular weight is 228 g/mol. The molecule has 0 bridgehead atoms. The molecule has 0 saturated heterocycles. The molecule has 3 nitrogen and oxygen atoms in total. The van der Waals surface area contributed by atoms with Gasteiger partial charge in [-0.3, -0.25) is 0 Å². The number of aromatic nitrogens is 3. The Morgan fingerprint density at radius 3 is 2.57 bits per heavy atom. The molecule has 0 aliphatic carbocycles.